The van der Waals surface area contributed by atoms with Crippen LogP contribution in [0.15, 0.2) is 25.0 Å². The van der Waals surface area contributed by atoms with Gasteiger partial charge in [-0.05, 0) is 17.8 Å². The van der Waals surface area contributed by atoms with Gasteiger partial charge in [-0.3, -0.25) is 4.68 Å². The van der Waals surface area contributed by atoms with Gasteiger partial charge in [0.05, 0.1) is 6.54 Å². The van der Waals surface area contributed by atoms with Crippen LogP contribution >= 0.6 is 0 Å². The largest absolute Gasteiger partial charge is 0.356 e. The molecule has 2 aliphatic heterocycles. The van der Waals surface area contributed by atoms with Gasteiger partial charge in [0.1, 0.15) is 24.8 Å². The average Bonchev–Trinajstić information content (AvgIpc) is 3.29. The van der Waals surface area contributed by atoms with E-state index < -0.39 is 0 Å². The van der Waals surface area contributed by atoms with Crippen molar-refractivity contribution in [1.82, 2.24) is 29.6 Å². The number of hydrogen-bond donors (Lipinski definition) is 0. The van der Waals surface area contributed by atoms with Crippen LogP contribution in [0, 0.1) is 11.8 Å². The Labute approximate surface area is 142 Å². The molecule has 2 atom stereocenters. The molecule has 24 heavy (non-hydrogen) atoms. The van der Waals surface area contributed by atoms with E-state index in [4.69, 9.17) is 0 Å². The fourth-order valence-corrected chi connectivity index (χ4v) is 3.90. The zero-order chi connectivity index (χ0) is 16.5. The summed E-state index contributed by atoms with van der Waals surface area (Å²) in [6, 6.07) is 2.16. The molecule has 2 aromatic heterocycles. The molecule has 0 spiro atoms. The Bertz CT molecular complexity index is 655. The summed E-state index contributed by atoms with van der Waals surface area (Å²) in [5, 5.41) is 4.18. The standard InChI is InChI=1S/C17H25N7/c1-13(2)16-5-17(20-11-19-16)23-8-14-6-22(7-15(14)9-23)3-4-24-12-18-10-21-24/h5,10-15H,3-4,6-9H2,1-2H3. The van der Waals surface area contributed by atoms with E-state index in [0.29, 0.717) is 5.92 Å². The summed E-state index contributed by atoms with van der Waals surface area (Å²) in [6.07, 6.45) is 5.10. The lowest BCUT2D eigenvalue weighted by Crippen LogP contribution is -2.31. The number of fused-ring (bicyclic) bond motifs is 1. The van der Waals surface area contributed by atoms with E-state index in [0.717, 1.165) is 49.5 Å². The monoisotopic (exact) mass is 327 g/mol. The first-order valence-corrected chi connectivity index (χ1v) is 8.80. The van der Waals surface area contributed by atoms with Gasteiger partial charge in [-0.15, -0.1) is 0 Å². The second-order valence-electron chi connectivity index (χ2n) is 7.30. The van der Waals surface area contributed by atoms with Gasteiger partial charge in [0.25, 0.3) is 0 Å². The molecule has 4 rings (SSSR count). The van der Waals surface area contributed by atoms with Gasteiger partial charge in [-0.2, -0.15) is 5.10 Å². The highest BCUT2D eigenvalue weighted by molar-refractivity contribution is 5.41. The van der Waals surface area contributed by atoms with Crippen molar-refractivity contribution in [3.63, 3.8) is 0 Å². The van der Waals surface area contributed by atoms with Gasteiger partial charge >= 0.3 is 0 Å². The third-order valence-electron chi connectivity index (χ3n) is 5.26. The molecule has 0 radical (unpaired) electrons. The van der Waals surface area contributed by atoms with E-state index in [2.05, 4.69) is 49.8 Å². The summed E-state index contributed by atoms with van der Waals surface area (Å²) in [5.41, 5.74) is 1.13. The molecule has 2 unspecified atom stereocenters. The maximum Gasteiger partial charge on any atom is 0.137 e. The van der Waals surface area contributed by atoms with Crippen molar-refractivity contribution in [2.75, 3.05) is 37.6 Å². The Balaban J connectivity index is 1.33. The van der Waals surface area contributed by atoms with Crippen LogP contribution < -0.4 is 4.90 Å². The number of likely N-dealkylation sites (tertiary alicyclic amines) is 1. The summed E-state index contributed by atoms with van der Waals surface area (Å²) in [6.45, 7) is 10.9. The van der Waals surface area contributed by atoms with Crippen molar-refractivity contribution >= 4 is 5.82 Å². The highest BCUT2D eigenvalue weighted by atomic mass is 15.3. The summed E-state index contributed by atoms with van der Waals surface area (Å²) in [5.74, 6) is 3.04. The van der Waals surface area contributed by atoms with E-state index in [1.54, 1.807) is 19.0 Å². The molecule has 2 saturated heterocycles. The van der Waals surface area contributed by atoms with E-state index in [-0.39, 0.29) is 0 Å². The number of hydrogen-bond acceptors (Lipinski definition) is 6. The maximum atomic E-state index is 4.50. The van der Waals surface area contributed by atoms with Crippen molar-refractivity contribution in [3.05, 3.63) is 30.7 Å². The molecule has 0 amide bonds. The van der Waals surface area contributed by atoms with Gasteiger partial charge in [0, 0.05) is 44.5 Å². The van der Waals surface area contributed by atoms with Crippen molar-refractivity contribution in [2.45, 2.75) is 26.3 Å². The second kappa shape index (κ2) is 6.47. The fourth-order valence-electron chi connectivity index (χ4n) is 3.90. The van der Waals surface area contributed by atoms with Crippen molar-refractivity contribution in [2.24, 2.45) is 11.8 Å². The predicted octanol–water partition coefficient (Wildman–Crippen LogP) is 1.26. The van der Waals surface area contributed by atoms with Crippen LogP contribution in [0.3, 0.4) is 0 Å². The highest BCUT2D eigenvalue weighted by Gasteiger charge is 2.40. The Morgan fingerprint density at radius 1 is 1.04 bits per heavy atom. The van der Waals surface area contributed by atoms with E-state index in [1.165, 1.54) is 13.1 Å². The minimum absolute atomic E-state index is 0.445. The van der Waals surface area contributed by atoms with Gasteiger partial charge < -0.3 is 9.80 Å². The first-order chi connectivity index (χ1) is 11.7. The van der Waals surface area contributed by atoms with E-state index >= 15 is 0 Å². The summed E-state index contributed by atoms with van der Waals surface area (Å²) in [4.78, 5) is 17.9. The first-order valence-electron chi connectivity index (χ1n) is 8.80. The van der Waals surface area contributed by atoms with Crippen molar-refractivity contribution < 1.29 is 0 Å². The number of rotatable bonds is 5. The number of anilines is 1. The topological polar surface area (TPSA) is 63.0 Å². The van der Waals surface area contributed by atoms with Crippen LogP contribution in [0.5, 0.6) is 0 Å². The van der Waals surface area contributed by atoms with Gasteiger partial charge in [-0.1, -0.05) is 13.8 Å². The quantitative estimate of drug-likeness (QED) is 0.824. The number of nitrogens with zero attached hydrogens (tertiary/aromatic N) is 7. The minimum atomic E-state index is 0.445. The zero-order valence-corrected chi connectivity index (χ0v) is 14.4. The van der Waals surface area contributed by atoms with Gasteiger partial charge in [0.15, 0.2) is 0 Å². The van der Waals surface area contributed by atoms with E-state index in [9.17, 15) is 0 Å². The first kappa shape index (κ1) is 15.5. The normalized spacial score (nSPS) is 24.0. The lowest BCUT2D eigenvalue weighted by Gasteiger charge is -2.22. The minimum Gasteiger partial charge on any atom is -0.356 e. The lowest BCUT2D eigenvalue weighted by molar-refractivity contribution is 0.296. The van der Waals surface area contributed by atoms with Crippen LogP contribution in [-0.4, -0.2) is 62.4 Å². The summed E-state index contributed by atoms with van der Waals surface area (Å²) < 4.78 is 1.91. The molecule has 4 heterocycles. The molecule has 7 nitrogen and oxygen atoms in total. The molecule has 0 aliphatic carbocycles. The molecule has 0 N–H and O–H groups in total. The van der Waals surface area contributed by atoms with Crippen LogP contribution in [0.1, 0.15) is 25.5 Å². The zero-order valence-electron chi connectivity index (χ0n) is 14.4. The Hall–Kier alpha value is -2.02. The molecule has 0 saturated carbocycles. The molecule has 0 aromatic carbocycles. The highest BCUT2D eigenvalue weighted by Crippen LogP contribution is 2.33. The smallest absolute Gasteiger partial charge is 0.137 e. The summed E-state index contributed by atoms with van der Waals surface area (Å²) >= 11 is 0. The van der Waals surface area contributed by atoms with Crippen LogP contribution in [0.25, 0.3) is 0 Å². The molecule has 0 bridgehead atoms. The van der Waals surface area contributed by atoms with Gasteiger partial charge in [0.2, 0.25) is 0 Å². The predicted molar refractivity (Wildman–Crippen MR) is 91.8 cm³/mol. The fraction of sp³-hybridized carbons (Fsp3) is 0.647. The maximum absolute atomic E-state index is 4.50. The molecule has 2 aliphatic rings. The third-order valence-corrected chi connectivity index (χ3v) is 5.26. The Morgan fingerprint density at radius 2 is 1.83 bits per heavy atom. The summed E-state index contributed by atoms with van der Waals surface area (Å²) in [7, 11) is 0. The number of aromatic nitrogens is 5. The third kappa shape index (κ3) is 3.13. The lowest BCUT2D eigenvalue weighted by atomic mass is 10.0. The Morgan fingerprint density at radius 3 is 2.50 bits per heavy atom. The van der Waals surface area contributed by atoms with E-state index in [1.807, 2.05) is 4.68 Å². The average molecular weight is 327 g/mol. The van der Waals surface area contributed by atoms with Gasteiger partial charge in [-0.25, -0.2) is 15.0 Å². The molecule has 2 aromatic rings. The van der Waals surface area contributed by atoms with Crippen LogP contribution in [0.2, 0.25) is 0 Å². The molecular weight excluding hydrogens is 302 g/mol. The second-order valence-corrected chi connectivity index (χ2v) is 7.30. The molecular formula is C17H25N7. The van der Waals surface area contributed by atoms with Crippen LogP contribution in [-0.2, 0) is 6.54 Å². The molecule has 2 fully saturated rings. The van der Waals surface area contributed by atoms with Crippen LogP contribution in [0.4, 0.5) is 5.82 Å². The van der Waals surface area contributed by atoms with Crippen molar-refractivity contribution in [1.29, 1.82) is 0 Å². The van der Waals surface area contributed by atoms with Crippen molar-refractivity contribution in [3.8, 4) is 0 Å². The molecule has 7 heteroatoms. The SMILES string of the molecule is CC(C)c1cc(N2CC3CN(CCn4cncn4)CC3C2)ncn1. The molecule has 128 valence electrons. The Kier molecular flexibility index (Phi) is 4.18.